The second kappa shape index (κ2) is 12.8. The van der Waals surface area contributed by atoms with Crippen LogP contribution in [0.3, 0.4) is 0 Å². The van der Waals surface area contributed by atoms with Gasteiger partial charge in [0, 0.05) is 41.8 Å². The fourth-order valence-electron chi connectivity index (χ4n) is 4.33. The van der Waals surface area contributed by atoms with E-state index >= 15 is 0 Å². The lowest BCUT2D eigenvalue weighted by Gasteiger charge is -2.32. The minimum Gasteiger partial charge on any atom is -0.487 e. The first-order valence-corrected chi connectivity index (χ1v) is 12.4. The van der Waals surface area contributed by atoms with E-state index in [1.807, 2.05) is 78.7 Å². The number of anilines is 2. The first-order chi connectivity index (χ1) is 18.5. The molecule has 2 aromatic rings. The first-order valence-electron chi connectivity index (χ1n) is 12.4. The summed E-state index contributed by atoms with van der Waals surface area (Å²) in [5.41, 5.74) is 4.88. The fraction of sp³-hybridized carbons (Fsp3) is 0.233. The molecule has 1 aliphatic heterocycles. The van der Waals surface area contributed by atoms with Gasteiger partial charge in [-0.05, 0) is 68.2 Å². The third kappa shape index (κ3) is 6.92. The number of amides is 1. The monoisotopic (exact) mass is 513 g/mol. The average Bonchev–Trinajstić information content (AvgIpc) is 2.92. The number of ether oxygens (including phenoxy) is 1. The molecular weight excluding hydrogens is 481 g/mol. The number of hydrogen-bond acceptors (Lipinski definition) is 6. The molecule has 0 aromatic heterocycles. The van der Waals surface area contributed by atoms with Crippen molar-refractivity contribution in [2.75, 3.05) is 37.4 Å². The Bertz CT molecular complexity index is 1300. The SMILES string of the molecule is C=CC(=O)Nc1cccc(C2=CC=CC(=C/N=C)/C2=N\CNc2ccc(OC3CCN(C)CC3F)cc2)c1. The molecular formula is C30H32FN5O2. The molecule has 0 saturated carbocycles. The number of hydrogen-bond donors (Lipinski definition) is 2. The summed E-state index contributed by atoms with van der Waals surface area (Å²) in [5.74, 6) is 0.369. The third-order valence-corrected chi connectivity index (χ3v) is 6.27. The summed E-state index contributed by atoms with van der Waals surface area (Å²) in [4.78, 5) is 22.5. The van der Waals surface area contributed by atoms with Crippen molar-refractivity contribution in [1.29, 1.82) is 0 Å². The Balaban J connectivity index is 1.46. The molecule has 2 N–H and O–H groups in total. The Morgan fingerprint density at radius 1 is 1.24 bits per heavy atom. The standard InChI is InChI=1S/C30H32FN5O2/c1-4-29(37)35-24-9-5-7-21(17-24)26-10-6-8-22(18-32-2)30(26)34-20-33-23-11-13-25(14-12-23)38-28-15-16-36(3)19-27(28)31/h4-14,17-18,27-28,33H,1-2,15-16,19-20H2,3H3,(H,35,37)/b22-18-,34-30+. The van der Waals surface area contributed by atoms with Crippen molar-refractivity contribution in [3.63, 3.8) is 0 Å². The molecule has 2 aliphatic rings. The van der Waals surface area contributed by atoms with E-state index in [2.05, 4.69) is 28.9 Å². The predicted octanol–water partition coefficient (Wildman–Crippen LogP) is 5.28. The normalized spacial score (nSPS) is 21.6. The van der Waals surface area contributed by atoms with E-state index in [0.29, 0.717) is 31.1 Å². The van der Waals surface area contributed by atoms with Crippen molar-refractivity contribution in [2.45, 2.75) is 18.7 Å². The van der Waals surface area contributed by atoms with Crippen LogP contribution < -0.4 is 15.4 Å². The van der Waals surface area contributed by atoms with Gasteiger partial charge in [0.25, 0.3) is 0 Å². The summed E-state index contributed by atoms with van der Waals surface area (Å²) in [5, 5.41) is 6.09. The Morgan fingerprint density at radius 3 is 2.79 bits per heavy atom. The van der Waals surface area contributed by atoms with E-state index in [-0.39, 0.29) is 5.91 Å². The molecule has 0 radical (unpaired) electrons. The Morgan fingerprint density at radius 2 is 2.05 bits per heavy atom. The summed E-state index contributed by atoms with van der Waals surface area (Å²) < 4.78 is 20.2. The van der Waals surface area contributed by atoms with Gasteiger partial charge in [-0.3, -0.25) is 14.8 Å². The summed E-state index contributed by atoms with van der Waals surface area (Å²) in [6, 6.07) is 15.0. The van der Waals surface area contributed by atoms with Gasteiger partial charge in [-0.15, -0.1) is 0 Å². The number of aliphatic imine (C=N–C) groups is 2. The van der Waals surface area contributed by atoms with E-state index in [0.717, 1.165) is 34.7 Å². The second-order valence-electron chi connectivity index (χ2n) is 9.07. The number of allylic oxidation sites excluding steroid dienone is 5. The molecule has 0 spiro atoms. The van der Waals surface area contributed by atoms with E-state index in [9.17, 15) is 9.18 Å². The smallest absolute Gasteiger partial charge is 0.247 e. The molecule has 196 valence electrons. The van der Waals surface area contributed by atoms with Gasteiger partial charge in [-0.2, -0.15) is 0 Å². The molecule has 0 bridgehead atoms. The molecule has 8 heteroatoms. The molecule has 2 aromatic carbocycles. The van der Waals surface area contributed by atoms with Crippen molar-refractivity contribution < 1.29 is 13.9 Å². The maximum atomic E-state index is 14.3. The zero-order valence-corrected chi connectivity index (χ0v) is 21.4. The maximum Gasteiger partial charge on any atom is 0.247 e. The van der Waals surface area contributed by atoms with Gasteiger partial charge < -0.3 is 20.3 Å². The number of alkyl halides is 1. The van der Waals surface area contributed by atoms with Gasteiger partial charge in [0.2, 0.25) is 5.91 Å². The van der Waals surface area contributed by atoms with E-state index < -0.39 is 12.3 Å². The van der Waals surface area contributed by atoms with Gasteiger partial charge >= 0.3 is 0 Å². The van der Waals surface area contributed by atoms with Crippen LogP contribution in [0.5, 0.6) is 5.75 Å². The Kier molecular flexibility index (Phi) is 9.00. The number of carbonyl (C=O) groups is 1. The van der Waals surface area contributed by atoms with Crippen molar-refractivity contribution >= 4 is 35.3 Å². The van der Waals surface area contributed by atoms with Crippen LogP contribution in [0.2, 0.25) is 0 Å². The zero-order chi connectivity index (χ0) is 26.9. The zero-order valence-electron chi connectivity index (χ0n) is 21.4. The summed E-state index contributed by atoms with van der Waals surface area (Å²) >= 11 is 0. The Labute approximate surface area is 222 Å². The number of nitrogens with zero attached hydrogens (tertiary/aromatic N) is 3. The van der Waals surface area contributed by atoms with E-state index in [4.69, 9.17) is 9.73 Å². The van der Waals surface area contributed by atoms with Crippen molar-refractivity contribution in [3.05, 3.63) is 96.8 Å². The Hall–Kier alpha value is -4.30. The van der Waals surface area contributed by atoms with Crippen LogP contribution in [-0.4, -0.2) is 62.3 Å². The van der Waals surface area contributed by atoms with Crippen LogP contribution >= 0.6 is 0 Å². The van der Waals surface area contributed by atoms with Gasteiger partial charge in [0.1, 0.15) is 24.7 Å². The van der Waals surface area contributed by atoms with Crippen LogP contribution in [-0.2, 0) is 4.79 Å². The molecule has 1 saturated heterocycles. The molecule has 1 aliphatic carbocycles. The van der Waals surface area contributed by atoms with Crippen molar-refractivity contribution in [3.8, 4) is 5.75 Å². The number of nitrogens with one attached hydrogen (secondary N) is 2. The number of piperidine rings is 1. The highest BCUT2D eigenvalue weighted by Gasteiger charge is 2.29. The number of rotatable bonds is 9. The van der Waals surface area contributed by atoms with Crippen molar-refractivity contribution in [2.24, 2.45) is 9.98 Å². The van der Waals surface area contributed by atoms with E-state index in [1.54, 1.807) is 6.20 Å². The maximum absolute atomic E-state index is 14.3. The molecule has 2 unspecified atom stereocenters. The number of likely N-dealkylation sites (tertiary alicyclic amines) is 1. The highest BCUT2D eigenvalue weighted by Crippen LogP contribution is 2.27. The summed E-state index contributed by atoms with van der Waals surface area (Å²) in [6.07, 6.45) is 7.97. The van der Waals surface area contributed by atoms with E-state index in [1.165, 1.54) is 6.08 Å². The molecule has 38 heavy (non-hydrogen) atoms. The number of benzene rings is 2. The highest BCUT2D eigenvalue weighted by molar-refractivity contribution is 6.34. The molecule has 1 heterocycles. The van der Waals surface area contributed by atoms with Gasteiger partial charge in [0.15, 0.2) is 0 Å². The molecule has 1 amide bonds. The van der Waals surface area contributed by atoms with Crippen molar-refractivity contribution in [1.82, 2.24) is 4.90 Å². The molecule has 4 rings (SSSR count). The molecule has 2 atom stereocenters. The first kappa shape index (κ1) is 26.8. The average molecular weight is 514 g/mol. The quantitative estimate of drug-likeness (QED) is 0.353. The van der Waals surface area contributed by atoms with Crippen LogP contribution in [0.1, 0.15) is 12.0 Å². The number of halogens is 1. The fourth-order valence-corrected chi connectivity index (χ4v) is 4.33. The summed E-state index contributed by atoms with van der Waals surface area (Å²) in [6.45, 7) is 8.61. The van der Waals surface area contributed by atoms with Crippen LogP contribution in [0.15, 0.2) is 101 Å². The molecule has 1 fully saturated rings. The van der Waals surface area contributed by atoms with Gasteiger partial charge in [-0.1, -0.05) is 36.9 Å². The van der Waals surface area contributed by atoms with Gasteiger partial charge in [-0.25, -0.2) is 4.39 Å². The lowest BCUT2D eigenvalue weighted by Crippen LogP contribution is -2.45. The number of carbonyl (C=O) groups excluding carboxylic acids is 1. The minimum atomic E-state index is -1.000. The predicted molar refractivity (Wildman–Crippen MR) is 154 cm³/mol. The largest absolute Gasteiger partial charge is 0.487 e. The lowest BCUT2D eigenvalue weighted by molar-refractivity contribution is -0.111. The van der Waals surface area contributed by atoms with Crippen LogP contribution in [0.4, 0.5) is 15.8 Å². The topological polar surface area (TPSA) is 78.3 Å². The van der Waals surface area contributed by atoms with Gasteiger partial charge in [0.05, 0.1) is 5.71 Å². The second-order valence-corrected chi connectivity index (χ2v) is 9.07. The lowest BCUT2D eigenvalue weighted by atomic mass is 9.92. The summed E-state index contributed by atoms with van der Waals surface area (Å²) in [7, 11) is 1.92. The molecule has 7 nitrogen and oxygen atoms in total. The van der Waals surface area contributed by atoms with Crippen LogP contribution in [0.25, 0.3) is 5.57 Å². The minimum absolute atomic E-state index is 0.276. The third-order valence-electron chi connectivity index (χ3n) is 6.27. The van der Waals surface area contributed by atoms with Crippen LogP contribution in [0, 0.1) is 0 Å². The highest BCUT2D eigenvalue weighted by atomic mass is 19.1.